The molecule has 3 N–H and O–H groups in total. The summed E-state index contributed by atoms with van der Waals surface area (Å²) < 4.78 is 0. The van der Waals surface area contributed by atoms with Crippen molar-refractivity contribution in [2.24, 2.45) is 5.92 Å². The van der Waals surface area contributed by atoms with Crippen LogP contribution in [0.1, 0.15) is 30.6 Å². The number of aliphatic hydroxyl groups is 1. The van der Waals surface area contributed by atoms with E-state index < -0.39 is 0 Å². The molecule has 0 bridgehead atoms. The Bertz CT molecular complexity index is 627. The highest BCUT2D eigenvalue weighted by molar-refractivity contribution is 7.18. The fraction of sp³-hybridized carbons (Fsp3) is 0.600. The van der Waals surface area contributed by atoms with Gasteiger partial charge in [-0.1, -0.05) is 12.8 Å². The summed E-state index contributed by atoms with van der Waals surface area (Å²) >= 11 is 1.68. The fourth-order valence-corrected chi connectivity index (χ4v) is 3.94. The molecule has 2 aromatic heterocycles. The molecule has 2 atom stereocenters. The Morgan fingerprint density at radius 2 is 2.14 bits per heavy atom. The Morgan fingerprint density at radius 1 is 1.33 bits per heavy atom. The second kappa shape index (κ2) is 6.15. The highest BCUT2D eigenvalue weighted by Crippen LogP contribution is 2.32. The number of hydrogen-bond donors (Lipinski definition) is 3. The van der Waals surface area contributed by atoms with E-state index in [2.05, 4.69) is 33.6 Å². The van der Waals surface area contributed by atoms with Gasteiger partial charge < -0.3 is 15.7 Å². The van der Waals surface area contributed by atoms with Crippen LogP contribution < -0.4 is 10.6 Å². The average Bonchev–Trinajstić information content (AvgIpc) is 2.88. The van der Waals surface area contributed by atoms with Crippen LogP contribution >= 0.6 is 11.3 Å². The van der Waals surface area contributed by atoms with Crippen LogP contribution in [0, 0.1) is 12.8 Å². The fourth-order valence-electron chi connectivity index (χ4n) is 3.06. The number of anilines is 2. The molecule has 1 fully saturated rings. The second-order valence-corrected chi connectivity index (χ2v) is 6.93. The van der Waals surface area contributed by atoms with E-state index in [0.29, 0.717) is 17.9 Å². The maximum Gasteiger partial charge on any atom is 0.225 e. The summed E-state index contributed by atoms with van der Waals surface area (Å²) in [6.45, 7) is 2.33. The van der Waals surface area contributed by atoms with E-state index in [0.717, 1.165) is 28.9 Å². The second-order valence-electron chi connectivity index (χ2n) is 5.70. The van der Waals surface area contributed by atoms with Crippen molar-refractivity contribution < 1.29 is 5.11 Å². The van der Waals surface area contributed by atoms with Gasteiger partial charge in [-0.3, -0.25) is 0 Å². The lowest BCUT2D eigenvalue weighted by molar-refractivity contribution is 0.178. The van der Waals surface area contributed by atoms with Gasteiger partial charge in [0.15, 0.2) is 0 Å². The molecule has 1 aliphatic rings. The summed E-state index contributed by atoms with van der Waals surface area (Å²) in [7, 11) is 1.84. The largest absolute Gasteiger partial charge is 0.396 e. The third-order valence-electron chi connectivity index (χ3n) is 4.21. The van der Waals surface area contributed by atoms with Gasteiger partial charge in [0.25, 0.3) is 0 Å². The van der Waals surface area contributed by atoms with Crippen molar-refractivity contribution in [3.63, 3.8) is 0 Å². The van der Waals surface area contributed by atoms with Gasteiger partial charge in [0.05, 0.1) is 5.39 Å². The first-order chi connectivity index (χ1) is 10.2. The van der Waals surface area contributed by atoms with Crippen molar-refractivity contribution in [2.75, 3.05) is 24.3 Å². The lowest BCUT2D eigenvalue weighted by atomic mass is 9.85. The molecule has 2 aromatic rings. The number of aryl methyl sites for hydroxylation is 1. The third kappa shape index (κ3) is 2.96. The minimum atomic E-state index is 0.243. The zero-order chi connectivity index (χ0) is 14.8. The Balaban J connectivity index is 1.94. The van der Waals surface area contributed by atoms with E-state index >= 15 is 0 Å². The highest BCUT2D eigenvalue weighted by Gasteiger charge is 2.25. The molecule has 2 unspecified atom stereocenters. The zero-order valence-electron chi connectivity index (χ0n) is 12.5. The Morgan fingerprint density at radius 3 is 2.90 bits per heavy atom. The normalized spacial score (nSPS) is 22.4. The monoisotopic (exact) mass is 306 g/mol. The van der Waals surface area contributed by atoms with Crippen molar-refractivity contribution in [1.29, 1.82) is 0 Å². The lowest BCUT2D eigenvalue weighted by Crippen LogP contribution is -2.34. The molecule has 5 nitrogen and oxygen atoms in total. The van der Waals surface area contributed by atoms with Crippen molar-refractivity contribution in [2.45, 2.75) is 38.6 Å². The molecule has 2 heterocycles. The molecule has 0 spiro atoms. The van der Waals surface area contributed by atoms with Crippen LogP contribution in [-0.2, 0) is 0 Å². The SMILES string of the molecule is CNc1nc(NC2CCCCC2CO)c2cc(C)sc2n1. The predicted octanol–water partition coefficient (Wildman–Crippen LogP) is 3.00. The quantitative estimate of drug-likeness (QED) is 0.810. The summed E-state index contributed by atoms with van der Waals surface area (Å²) in [4.78, 5) is 11.3. The van der Waals surface area contributed by atoms with Crippen LogP contribution in [0.4, 0.5) is 11.8 Å². The number of nitrogens with zero attached hydrogens (tertiary/aromatic N) is 2. The molecule has 0 radical (unpaired) electrons. The first kappa shape index (κ1) is 14.5. The first-order valence-electron chi connectivity index (χ1n) is 7.54. The van der Waals surface area contributed by atoms with Crippen molar-refractivity contribution in [1.82, 2.24) is 9.97 Å². The Kier molecular flexibility index (Phi) is 4.26. The number of aromatic nitrogens is 2. The summed E-state index contributed by atoms with van der Waals surface area (Å²) in [6, 6.07) is 2.44. The smallest absolute Gasteiger partial charge is 0.225 e. The minimum Gasteiger partial charge on any atom is -0.396 e. The third-order valence-corrected chi connectivity index (χ3v) is 5.15. The van der Waals surface area contributed by atoms with Crippen LogP contribution in [-0.4, -0.2) is 34.8 Å². The molecule has 0 saturated heterocycles. The van der Waals surface area contributed by atoms with Gasteiger partial charge in [0.1, 0.15) is 10.6 Å². The van der Waals surface area contributed by atoms with Crippen LogP contribution in [0.2, 0.25) is 0 Å². The van der Waals surface area contributed by atoms with Gasteiger partial charge in [-0.2, -0.15) is 4.98 Å². The van der Waals surface area contributed by atoms with Crippen LogP contribution in [0.5, 0.6) is 0 Å². The molecule has 114 valence electrons. The van der Waals surface area contributed by atoms with Gasteiger partial charge in [0.2, 0.25) is 5.95 Å². The van der Waals surface area contributed by atoms with E-state index in [1.807, 2.05) is 7.05 Å². The van der Waals surface area contributed by atoms with Crippen LogP contribution in [0.3, 0.4) is 0 Å². The zero-order valence-corrected chi connectivity index (χ0v) is 13.3. The van der Waals surface area contributed by atoms with Crippen molar-refractivity contribution >= 4 is 33.3 Å². The number of thiophene rings is 1. The Labute approximate surface area is 128 Å². The van der Waals surface area contributed by atoms with E-state index in [9.17, 15) is 5.11 Å². The van der Waals surface area contributed by atoms with E-state index in [-0.39, 0.29) is 6.61 Å². The molecule has 0 aliphatic heterocycles. The number of hydrogen-bond acceptors (Lipinski definition) is 6. The van der Waals surface area contributed by atoms with E-state index in [4.69, 9.17) is 0 Å². The maximum absolute atomic E-state index is 9.57. The summed E-state index contributed by atoms with van der Waals surface area (Å²) in [6.07, 6.45) is 4.60. The number of fused-ring (bicyclic) bond motifs is 1. The van der Waals surface area contributed by atoms with Crippen molar-refractivity contribution in [3.05, 3.63) is 10.9 Å². The summed E-state index contributed by atoms with van der Waals surface area (Å²) in [5.74, 6) is 1.85. The van der Waals surface area contributed by atoms with E-state index in [1.165, 1.54) is 17.7 Å². The van der Waals surface area contributed by atoms with Gasteiger partial charge >= 0.3 is 0 Å². The molecule has 1 aliphatic carbocycles. The molecular weight excluding hydrogens is 284 g/mol. The van der Waals surface area contributed by atoms with Crippen molar-refractivity contribution in [3.8, 4) is 0 Å². The molecule has 21 heavy (non-hydrogen) atoms. The number of rotatable bonds is 4. The van der Waals surface area contributed by atoms with Crippen LogP contribution in [0.25, 0.3) is 10.2 Å². The highest BCUT2D eigenvalue weighted by atomic mass is 32.1. The molecule has 1 saturated carbocycles. The molecule has 0 aromatic carbocycles. The topological polar surface area (TPSA) is 70.1 Å². The van der Waals surface area contributed by atoms with Gasteiger partial charge in [-0.05, 0) is 25.8 Å². The molecular formula is C15H22N4OS. The van der Waals surface area contributed by atoms with E-state index in [1.54, 1.807) is 11.3 Å². The summed E-state index contributed by atoms with van der Waals surface area (Å²) in [5, 5.41) is 17.3. The predicted molar refractivity (Wildman–Crippen MR) is 88.2 cm³/mol. The van der Waals surface area contributed by atoms with Crippen LogP contribution in [0.15, 0.2) is 6.07 Å². The Hall–Kier alpha value is -1.40. The molecule has 6 heteroatoms. The summed E-state index contributed by atoms with van der Waals surface area (Å²) in [5.41, 5.74) is 0. The van der Waals surface area contributed by atoms with Gasteiger partial charge in [0, 0.05) is 30.5 Å². The van der Waals surface area contributed by atoms with Gasteiger partial charge in [-0.25, -0.2) is 4.98 Å². The number of nitrogens with one attached hydrogen (secondary N) is 2. The average molecular weight is 306 g/mol. The lowest BCUT2D eigenvalue weighted by Gasteiger charge is -2.31. The maximum atomic E-state index is 9.57. The minimum absolute atomic E-state index is 0.243. The molecule has 3 rings (SSSR count). The molecule has 0 amide bonds. The van der Waals surface area contributed by atoms with Gasteiger partial charge in [-0.15, -0.1) is 11.3 Å². The first-order valence-corrected chi connectivity index (χ1v) is 8.36. The standard InChI is InChI=1S/C15H22N4OS/c1-9-7-11-13(18-15(16-2)19-14(11)21-9)17-12-6-4-3-5-10(12)8-20/h7,10,12,20H,3-6,8H2,1-2H3,(H2,16,17,18,19). The number of aliphatic hydroxyl groups excluding tert-OH is 1.